The average molecular weight is 1430 g/mol. The highest BCUT2D eigenvalue weighted by molar-refractivity contribution is 8.07. The van der Waals surface area contributed by atoms with Gasteiger partial charge >= 0.3 is 37.6 Å². The lowest BCUT2D eigenvalue weighted by atomic mass is 9.89. The molecule has 0 saturated carbocycles. The number of likely N-dealkylation sites (tertiary alicyclic amines) is 1. The monoisotopic (exact) mass is 1430 g/mol. The molecule has 42 heteroatoms. The molecule has 4 fully saturated rings. The van der Waals surface area contributed by atoms with Gasteiger partial charge < -0.3 is 75.6 Å². The molecule has 0 radical (unpaired) electrons. The summed E-state index contributed by atoms with van der Waals surface area (Å²) < 4.78 is 95.7. The number of nitrogens with one attached hydrogen (secondary N) is 5. The summed E-state index contributed by atoms with van der Waals surface area (Å²) in [6, 6.07) is 3.29. The number of urea groups is 1. The van der Waals surface area contributed by atoms with Crippen molar-refractivity contribution < 1.29 is 103 Å². The topological polar surface area (TPSA) is 474 Å². The Kier molecular flexibility index (Phi) is 23.9. The number of nitrogens with zero attached hydrogens (tertiary/aromatic N) is 9. The molecule has 522 valence electrons. The lowest BCUT2D eigenvalue weighted by Crippen LogP contribution is -2.46. The van der Waals surface area contributed by atoms with Crippen LogP contribution in [0.25, 0.3) is 22.3 Å². The first-order valence-corrected chi connectivity index (χ1v) is 35.0. The number of fused-ring (bicyclic) bond motifs is 4. The van der Waals surface area contributed by atoms with Gasteiger partial charge in [-0.15, -0.1) is 0 Å². The van der Waals surface area contributed by atoms with Gasteiger partial charge in [-0.3, -0.25) is 52.4 Å². The van der Waals surface area contributed by atoms with Crippen LogP contribution < -0.4 is 38.1 Å². The Bertz CT molecular complexity index is 3800. The lowest BCUT2D eigenvalue weighted by Gasteiger charge is -2.29. The fourth-order valence-electron chi connectivity index (χ4n) is 10.9. The summed E-state index contributed by atoms with van der Waals surface area (Å²) in [6.07, 6.45) is -13.9. The van der Waals surface area contributed by atoms with E-state index in [2.05, 4.69) is 56.5 Å². The van der Waals surface area contributed by atoms with Crippen molar-refractivity contribution in [2.24, 2.45) is 23.5 Å². The number of carboxylic acid groups (broad SMARTS) is 1. The van der Waals surface area contributed by atoms with E-state index in [0.29, 0.717) is 11.3 Å². The molecule has 0 spiro atoms. The number of aromatic nitrogens is 8. The molecule has 7 amide bonds. The predicted octanol–water partition coefficient (Wildman–Crippen LogP) is 2.99. The number of rotatable bonds is 24. The van der Waals surface area contributed by atoms with Gasteiger partial charge in [0.05, 0.1) is 50.9 Å². The first-order valence-electron chi connectivity index (χ1n) is 29.8. The van der Waals surface area contributed by atoms with E-state index in [1.807, 2.05) is 0 Å². The number of amides is 7. The number of carboxylic acids is 1. The largest absolute Gasteiger partial charge is 0.481 e. The minimum absolute atomic E-state index is 0.00361. The zero-order valence-corrected chi connectivity index (χ0v) is 54.7. The number of alkyl halides is 3. The third-order valence-electron chi connectivity index (χ3n) is 15.7. The van der Waals surface area contributed by atoms with Gasteiger partial charge in [-0.05, 0) is 60.1 Å². The fraction of sp³-hybridized carbons (Fsp3) is 0.556. The van der Waals surface area contributed by atoms with Gasteiger partial charge in [-0.1, -0.05) is 32.9 Å². The number of primary amides is 1. The van der Waals surface area contributed by atoms with Gasteiger partial charge in [-0.25, -0.2) is 57.5 Å². The fourth-order valence-corrected chi connectivity index (χ4v) is 13.8. The molecule has 4 saturated heterocycles. The number of ketones is 1. The van der Waals surface area contributed by atoms with E-state index in [9.17, 15) is 52.5 Å². The molecule has 4 aliphatic rings. The molecular weight excluding hydrogens is 1360 g/mol. The maximum absolute atomic E-state index is 16.8. The van der Waals surface area contributed by atoms with E-state index < -0.39 is 179 Å². The zero-order valence-electron chi connectivity index (χ0n) is 51.3. The molecular formula is C54H69F3N16O19P2S2. The maximum atomic E-state index is 16.8. The Labute approximate surface area is 553 Å². The van der Waals surface area contributed by atoms with Gasteiger partial charge in [-0.2, -0.15) is 0 Å². The molecule has 1 aromatic carbocycles. The van der Waals surface area contributed by atoms with Crippen LogP contribution in [0.1, 0.15) is 77.3 Å². The van der Waals surface area contributed by atoms with Crippen molar-refractivity contribution in [2.45, 2.75) is 133 Å². The van der Waals surface area contributed by atoms with Gasteiger partial charge in [0.25, 0.3) is 0 Å². The van der Waals surface area contributed by atoms with E-state index >= 15 is 8.78 Å². The molecule has 96 heavy (non-hydrogen) atoms. The standard InChI is InChI=1S/C54H69F3N16O19P2S2/c1-25(2)39(69-35(75)10-12-60-48(78)26(3)13-36(76)77)32(74)14-28(5-4-11-61-52(59)80)49(79)68-30-8-6-27(7-9-30)17-86-54(82)71-16-29(55)15-31(71)18-85-53(81)70-45-41-47(65-22-63-45)73(24-67-41)51-38(57)43-34(90-51)20-88-93(83,95)91-42-33(19-87-94(84,96)92-43)89-50(37(42)56)72-23-66-40-44(58)62-21-64-46(40)72/h6-9,21-26,28-29,31,33-34,37-39,42-43,50-51H,4-5,10-20H2,1-3H3,(H,60,78)(H,68,79)(H,69,75)(H,76,77)(H,83,95)(H,84,96)(H2,58,62,64)(H3,59,61,80)(H,63,65,70,81)/t26?,28-,29+,31+,33-,34-,37-,38-,39+,42-,43-,50-,51-,93?,94?/m1/s1. The second kappa shape index (κ2) is 31.6. The summed E-state index contributed by atoms with van der Waals surface area (Å²) in [5.74, 6) is -5.74. The van der Waals surface area contributed by atoms with E-state index in [0.717, 1.165) is 28.4 Å². The lowest BCUT2D eigenvalue weighted by molar-refractivity contribution is -0.140. The van der Waals surface area contributed by atoms with Crippen molar-refractivity contribution in [3.8, 4) is 0 Å². The van der Waals surface area contributed by atoms with Crippen LogP contribution in [-0.2, 0) is 91.2 Å². The van der Waals surface area contributed by atoms with Crippen molar-refractivity contribution in [2.75, 3.05) is 55.8 Å². The van der Waals surface area contributed by atoms with Crippen LogP contribution in [-0.4, -0.2) is 201 Å². The minimum Gasteiger partial charge on any atom is -0.481 e. The molecule has 4 aromatic heterocycles. The van der Waals surface area contributed by atoms with Crippen LogP contribution in [0.3, 0.4) is 0 Å². The first kappa shape index (κ1) is 72.5. The van der Waals surface area contributed by atoms with Crippen LogP contribution in [0.15, 0.2) is 49.6 Å². The number of Topliss-reactive ketones (excluding diaryl/α,β-unsaturated/α-hetero) is 1. The third-order valence-corrected chi connectivity index (χ3v) is 18.8. The van der Waals surface area contributed by atoms with Gasteiger partial charge in [0.15, 0.2) is 59.0 Å². The number of ether oxygens (including phenoxy) is 4. The summed E-state index contributed by atoms with van der Waals surface area (Å²) in [6.45, 7) is -6.80. The molecule has 0 bridgehead atoms. The van der Waals surface area contributed by atoms with E-state index in [1.165, 1.54) is 42.1 Å². The van der Waals surface area contributed by atoms with Crippen LogP contribution in [0.2, 0.25) is 0 Å². The van der Waals surface area contributed by atoms with E-state index in [-0.39, 0.29) is 85.8 Å². The van der Waals surface area contributed by atoms with E-state index in [4.69, 9.17) is 77.2 Å². The second-order valence-corrected chi connectivity index (χ2v) is 28.6. The van der Waals surface area contributed by atoms with Crippen LogP contribution in [0, 0.1) is 17.8 Å². The Morgan fingerprint density at radius 2 is 1.38 bits per heavy atom. The number of benzene rings is 1. The smallest absolute Gasteiger partial charge is 0.412 e. The number of hydrogen-bond acceptors (Lipinski definition) is 25. The molecule has 12 N–H and O–H groups in total. The zero-order chi connectivity index (χ0) is 69.3. The maximum Gasteiger partial charge on any atom is 0.412 e. The minimum atomic E-state index is -4.46. The number of aliphatic carboxylic acids is 1. The summed E-state index contributed by atoms with van der Waals surface area (Å²) in [5.41, 5.74) is 11.8. The molecule has 0 aliphatic carbocycles. The molecule has 5 aromatic rings. The van der Waals surface area contributed by atoms with E-state index in [1.54, 1.807) is 13.8 Å². The molecule has 35 nitrogen and oxygen atoms in total. The van der Waals surface area contributed by atoms with Gasteiger partial charge in [0, 0.05) is 49.9 Å². The number of carbonyl (C=O) groups excluding carboxylic acids is 7. The number of nitrogen functional groups attached to an aromatic ring is 1. The predicted molar refractivity (Wildman–Crippen MR) is 333 cm³/mol. The quantitative estimate of drug-likeness (QED) is 0.0313. The van der Waals surface area contributed by atoms with Crippen LogP contribution >= 0.6 is 13.4 Å². The number of imidazole rings is 2. The van der Waals surface area contributed by atoms with Crippen molar-refractivity contribution in [1.82, 2.24) is 59.9 Å². The highest BCUT2D eigenvalue weighted by Gasteiger charge is 2.54. The Morgan fingerprint density at radius 3 is 1.98 bits per heavy atom. The molecule has 4 aliphatic heterocycles. The Hall–Kier alpha value is -7.75. The van der Waals surface area contributed by atoms with Gasteiger partial charge in [0.2, 0.25) is 17.7 Å². The molecule has 15 atom stereocenters. The normalized spacial score (nSPS) is 26.9. The summed E-state index contributed by atoms with van der Waals surface area (Å²) in [5, 5.41) is 21.7. The summed E-state index contributed by atoms with van der Waals surface area (Å²) in [4.78, 5) is 150. The Morgan fingerprint density at radius 1 is 0.771 bits per heavy atom. The molecule has 3 unspecified atom stereocenters. The Balaban J connectivity index is 0.762. The highest BCUT2D eigenvalue weighted by atomic mass is 32.5. The molecule has 9 rings (SSSR count). The van der Waals surface area contributed by atoms with Gasteiger partial charge in [0.1, 0.15) is 62.0 Å². The summed E-state index contributed by atoms with van der Waals surface area (Å²) in [7, 11) is 0. The van der Waals surface area contributed by atoms with Crippen molar-refractivity contribution in [3.63, 3.8) is 0 Å². The van der Waals surface area contributed by atoms with Crippen LogP contribution in [0.5, 0.6) is 0 Å². The highest BCUT2D eigenvalue weighted by Crippen LogP contribution is 2.55. The van der Waals surface area contributed by atoms with Crippen molar-refractivity contribution in [1.29, 1.82) is 0 Å². The van der Waals surface area contributed by atoms with Crippen molar-refractivity contribution in [3.05, 3.63) is 55.1 Å². The third kappa shape index (κ3) is 18.3. The molecule has 8 heterocycles. The number of hydrogen-bond donors (Lipinski definition) is 10. The van der Waals surface area contributed by atoms with Crippen molar-refractivity contribution >= 4 is 124 Å². The SMILES string of the molecule is CC(CC(=O)O)C(=O)NCCC(=O)N[C@H](C(=O)C[C@@H](CCCNC(N)=O)C(=O)Nc1ccc(COC(=O)N2C[C@@H](F)C[C@H]2COC(=O)Nc2ncnc3c2ncn3[C@@H]2O[C@@H]3COP(O)(=S)O[C@H]4[C@@H](F)[C@H](n5cnc6c(N)ncnc65)O[C@@H]4COP(O)(=S)O[C@H]3[C@H]2F)cc1)C(C)C. The number of halogens is 3. The second-order valence-electron chi connectivity index (χ2n) is 23.1. The average Bonchev–Trinajstić information content (AvgIpc) is 1.62. The number of anilines is 3. The number of carbonyl (C=O) groups is 8. The summed E-state index contributed by atoms with van der Waals surface area (Å²) >= 11 is 10.5. The van der Waals surface area contributed by atoms with Crippen LogP contribution in [0.4, 0.5) is 44.9 Å². The first-order chi connectivity index (χ1) is 45.5. The number of nitrogens with two attached hydrogens (primary N) is 2.